The van der Waals surface area contributed by atoms with E-state index in [1.807, 2.05) is 25.5 Å². The smallest absolute Gasteiger partial charge is 0.419 e. The number of rotatable bonds is 5. The van der Waals surface area contributed by atoms with E-state index in [1.54, 1.807) is 23.4 Å². The molecule has 0 aliphatic carbocycles. The van der Waals surface area contributed by atoms with Gasteiger partial charge in [-0.2, -0.15) is 18.3 Å². The largest absolute Gasteiger partial charge is 0.493 e. The Hall–Kier alpha value is -3.57. The summed E-state index contributed by atoms with van der Waals surface area (Å²) in [5.41, 5.74) is 0.0828. The third kappa shape index (κ3) is 6.42. The number of ether oxygens (including phenoxy) is 2. The third-order valence-electron chi connectivity index (χ3n) is 7.26. The second kappa shape index (κ2) is 11.1. The topological polar surface area (TPSA) is 85.6 Å². The fourth-order valence-corrected chi connectivity index (χ4v) is 5.29. The maximum atomic E-state index is 13.3. The van der Waals surface area contributed by atoms with Crippen LogP contribution in [0.25, 0.3) is 11.2 Å². The van der Waals surface area contributed by atoms with E-state index >= 15 is 0 Å². The van der Waals surface area contributed by atoms with Gasteiger partial charge in [0.25, 0.3) is 0 Å². The number of amides is 1. The molecule has 1 aromatic carbocycles. The number of nitrogens with zero attached hydrogens (tertiary/aromatic N) is 6. The molecule has 1 amide bonds. The van der Waals surface area contributed by atoms with Gasteiger partial charge in [-0.15, -0.1) is 0 Å². The predicted molar refractivity (Wildman–Crippen MR) is 143 cm³/mol. The van der Waals surface area contributed by atoms with Gasteiger partial charge in [0.05, 0.1) is 30.6 Å². The number of carbonyl (C=O) groups excluding carboxylic acids is 1. The van der Waals surface area contributed by atoms with Crippen molar-refractivity contribution in [3.63, 3.8) is 0 Å². The van der Waals surface area contributed by atoms with Crippen LogP contribution < -0.4 is 9.64 Å². The monoisotopic (exact) mass is 560 g/mol. The van der Waals surface area contributed by atoms with Gasteiger partial charge in [0.2, 0.25) is 0 Å². The fourth-order valence-electron chi connectivity index (χ4n) is 5.29. The highest BCUT2D eigenvalue weighted by Gasteiger charge is 2.34. The Balaban J connectivity index is 1.24. The van der Waals surface area contributed by atoms with Gasteiger partial charge in [-0.1, -0.05) is 12.1 Å². The van der Waals surface area contributed by atoms with E-state index < -0.39 is 17.3 Å². The number of piperidine rings is 2. The summed E-state index contributed by atoms with van der Waals surface area (Å²) in [5.74, 6) is 0.616. The summed E-state index contributed by atoms with van der Waals surface area (Å²) >= 11 is 0. The van der Waals surface area contributed by atoms with E-state index in [9.17, 15) is 18.0 Å². The van der Waals surface area contributed by atoms with Gasteiger partial charge in [0, 0.05) is 32.1 Å². The molecule has 1 atom stereocenters. The average Bonchev–Trinajstić information content (AvgIpc) is 3.34. The van der Waals surface area contributed by atoms with Crippen LogP contribution in [0.5, 0.6) is 5.75 Å². The second-order valence-electron chi connectivity index (χ2n) is 11.5. The first-order valence-corrected chi connectivity index (χ1v) is 13.7. The third-order valence-corrected chi connectivity index (χ3v) is 7.26. The van der Waals surface area contributed by atoms with Crippen LogP contribution in [-0.2, 0) is 10.9 Å². The maximum absolute atomic E-state index is 13.3. The number of aromatic nitrogens is 4. The number of hydrogen-bond acceptors (Lipinski definition) is 7. The van der Waals surface area contributed by atoms with Crippen molar-refractivity contribution in [2.45, 2.75) is 64.3 Å². The number of anilines is 1. The first kappa shape index (κ1) is 28.0. The van der Waals surface area contributed by atoms with Crippen LogP contribution >= 0.6 is 0 Å². The summed E-state index contributed by atoms with van der Waals surface area (Å²) in [7, 11) is 0. The van der Waals surface area contributed by atoms with Crippen molar-refractivity contribution in [2.24, 2.45) is 5.92 Å². The van der Waals surface area contributed by atoms with Crippen LogP contribution in [0.3, 0.4) is 0 Å². The Morgan fingerprint density at radius 3 is 2.52 bits per heavy atom. The summed E-state index contributed by atoms with van der Waals surface area (Å²) < 4.78 is 53.1. The zero-order chi connectivity index (χ0) is 28.5. The van der Waals surface area contributed by atoms with Crippen molar-refractivity contribution in [3.05, 3.63) is 42.2 Å². The molecular formula is C28H35F3N6O3. The molecule has 0 N–H and O–H groups in total. The Kier molecular flexibility index (Phi) is 7.78. The lowest BCUT2D eigenvalue weighted by molar-refractivity contribution is -0.139. The lowest BCUT2D eigenvalue weighted by atomic mass is 9.99. The number of para-hydroxylation sites is 1. The minimum Gasteiger partial charge on any atom is -0.493 e. The van der Waals surface area contributed by atoms with Crippen LogP contribution in [0.2, 0.25) is 0 Å². The molecule has 2 saturated heterocycles. The minimum atomic E-state index is -4.46. The number of alkyl halides is 3. The Morgan fingerprint density at radius 2 is 1.80 bits per heavy atom. The van der Waals surface area contributed by atoms with E-state index in [4.69, 9.17) is 14.5 Å². The van der Waals surface area contributed by atoms with Crippen molar-refractivity contribution in [2.75, 3.05) is 37.7 Å². The van der Waals surface area contributed by atoms with Crippen LogP contribution in [0.1, 0.15) is 58.1 Å². The standard InChI is InChI=1S/C28H35F3N6O3/c1-27(2,3)40-26(38)35-13-10-20(11-14-35)37-25-22(15-33-37)32-16-24(34-25)36-12-6-7-19(17-36)18-39-23-9-5-4-8-21(23)28(29,30)31/h4-5,8-9,15-16,19-20H,6-7,10-14,17-18H2,1-3H3. The van der Waals surface area contributed by atoms with E-state index in [0.29, 0.717) is 36.6 Å². The molecule has 3 aromatic rings. The van der Waals surface area contributed by atoms with Crippen LogP contribution in [0.15, 0.2) is 36.7 Å². The van der Waals surface area contributed by atoms with E-state index in [-0.39, 0.29) is 30.4 Å². The van der Waals surface area contributed by atoms with Crippen molar-refractivity contribution in [1.29, 1.82) is 0 Å². The fraction of sp³-hybridized carbons (Fsp3) is 0.571. The van der Waals surface area contributed by atoms with Crippen LogP contribution in [0, 0.1) is 5.92 Å². The highest BCUT2D eigenvalue weighted by atomic mass is 19.4. The van der Waals surface area contributed by atoms with Crippen molar-refractivity contribution < 1.29 is 27.4 Å². The first-order valence-electron chi connectivity index (χ1n) is 13.7. The van der Waals surface area contributed by atoms with Gasteiger partial charge >= 0.3 is 12.3 Å². The molecule has 2 aliphatic rings. The van der Waals surface area contributed by atoms with E-state index in [0.717, 1.165) is 38.3 Å². The second-order valence-corrected chi connectivity index (χ2v) is 11.5. The molecule has 12 heteroatoms. The zero-order valence-electron chi connectivity index (χ0n) is 23.0. The first-order chi connectivity index (χ1) is 19.0. The van der Waals surface area contributed by atoms with Gasteiger partial charge in [-0.05, 0) is 58.6 Å². The Morgan fingerprint density at radius 1 is 1.05 bits per heavy atom. The number of likely N-dealkylation sites (tertiary alicyclic amines) is 1. The quantitative estimate of drug-likeness (QED) is 0.395. The van der Waals surface area contributed by atoms with Gasteiger partial charge < -0.3 is 19.3 Å². The number of halogens is 3. The summed E-state index contributed by atoms with van der Waals surface area (Å²) in [4.78, 5) is 25.8. The lowest BCUT2D eigenvalue weighted by Gasteiger charge is -2.34. The van der Waals surface area contributed by atoms with Crippen molar-refractivity contribution >= 4 is 23.1 Å². The molecule has 2 aromatic heterocycles. The minimum absolute atomic E-state index is 0.0506. The molecule has 2 fully saturated rings. The van der Waals surface area contributed by atoms with Crippen molar-refractivity contribution in [1.82, 2.24) is 24.6 Å². The highest BCUT2D eigenvalue weighted by Crippen LogP contribution is 2.36. The Bertz CT molecular complexity index is 1330. The summed E-state index contributed by atoms with van der Waals surface area (Å²) in [6.45, 7) is 8.28. The lowest BCUT2D eigenvalue weighted by Crippen LogP contribution is -2.42. The average molecular weight is 561 g/mol. The molecule has 2 aliphatic heterocycles. The molecule has 1 unspecified atom stereocenters. The SMILES string of the molecule is CC(C)(C)OC(=O)N1CCC(n2ncc3ncc(N4CCCC(COc5ccccc5C(F)(F)F)C4)nc32)CC1. The summed E-state index contributed by atoms with van der Waals surface area (Å²) in [6, 6.07) is 5.39. The van der Waals surface area contributed by atoms with Gasteiger partial charge in [0.1, 0.15) is 22.7 Å². The molecule has 0 radical (unpaired) electrons. The molecule has 216 valence electrons. The van der Waals surface area contributed by atoms with Gasteiger partial charge in [-0.25, -0.2) is 19.4 Å². The number of hydrogen-bond donors (Lipinski definition) is 0. The maximum Gasteiger partial charge on any atom is 0.419 e. The van der Waals surface area contributed by atoms with Gasteiger partial charge in [0.15, 0.2) is 5.65 Å². The molecule has 5 rings (SSSR count). The number of fused-ring (bicyclic) bond motifs is 1. The van der Waals surface area contributed by atoms with Crippen LogP contribution in [0.4, 0.5) is 23.8 Å². The predicted octanol–water partition coefficient (Wildman–Crippen LogP) is 5.71. The summed E-state index contributed by atoms with van der Waals surface area (Å²) in [6.07, 6.45) is 1.85. The summed E-state index contributed by atoms with van der Waals surface area (Å²) in [5, 5.41) is 4.57. The number of carbonyl (C=O) groups is 1. The normalized spacial score (nSPS) is 19.2. The number of benzene rings is 1. The molecule has 0 saturated carbocycles. The van der Waals surface area contributed by atoms with E-state index in [2.05, 4.69) is 15.0 Å². The van der Waals surface area contributed by atoms with Crippen LogP contribution in [-0.4, -0.2) is 69.1 Å². The molecule has 9 nitrogen and oxygen atoms in total. The van der Waals surface area contributed by atoms with Crippen molar-refractivity contribution in [3.8, 4) is 5.75 Å². The molecule has 0 spiro atoms. The zero-order valence-corrected chi connectivity index (χ0v) is 23.0. The Labute approximate surface area is 231 Å². The molecule has 40 heavy (non-hydrogen) atoms. The van der Waals surface area contributed by atoms with Gasteiger partial charge in [-0.3, -0.25) is 0 Å². The molecular weight excluding hydrogens is 525 g/mol. The highest BCUT2D eigenvalue weighted by molar-refractivity contribution is 5.71. The molecule has 0 bridgehead atoms. The van der Waals surface area contributed by atoms with E-state index in [1.165, 1.54) is 12.1 Å². The molecule has 4 heterocycles.